The maximum atomic E-state index is 10.5. The third-order valence-corrected chi connectivity index (χ3v) is 2.49. The highest BCUT2D eigenvalue weighted by molar-refractivity contribution is 7.79. The first-order chi connectivity index (χ1) is 7.22. The molecule has 0 heterocycles. The first kappa shape index (κ1) is 12.2. The third-order valence-electron chi connectivity index (χ3n) is 1.94. The second-order valence-corrected chi connectivity index (χ2v) is 4.32. The van der Waals surface area contributed by atoms with Gasteiger partial charge in [0.1, 0.15) is 5.75 Å². The van der Waals surface area contributed by atoms with Crippen LogP contribution in [0, 0.1) is 0 Å². The Morgan fingerprint density at radius 2 is 2.27 bits per heavy atom. The Hall–Kier alpha value is -0.870. The van der Waals surface area contributed by atoms with E-state index < -0.39 is 11.1 Å². The maximum Gasteiger partial charge on any atom is 0.153 e. The molecule has 0 amide bonds. The van der Waals surface area contributed by atoms with Gasteiger partial charge in [-0.25, -0.2) is 4.21 Å². The molecule has 4 heteroatoms. The lowest BCUT2D eigenvalue weighted by Gasteiger charge is -2.06. The highest BCUT2D eigenvalue weighted by atomic mass is 32.2. The van der Waals surface area contributed by atoms with Gasteiger partial charge in [0.05, 0.1) is 12.4 Å². The van der Waals surface area contributed by atoms with Gasteiger partial charge in [0.25, 0.3) is 0 Å². The van der Waals surface area contributed by atoms with E-state index in [-0.39, 0.29) is 5.75 Å². The number of rotatable bonds is 6. The van der Waals surface area contributed by atoms with Gasteiger partial charge in [0.2, 0.25) is 0 Å². The molecule has 0 aromatic heterocycles. The smallest absolute Gasteiger partial charge is 0.153 e. The van der Waals surface area contributed by atoms with E-state index in [1.165, 1.54) is 0 Å². The van der Waals surface area contributed by atoms with Crippen LogP contribution < -0.4 is 4.74 Å². The Labute approximate surface area is 92.7 Å². The molecule has 3 nitrogen and oxygen atoms in total. The standard InChI is InChI=1S/C11H16O3S/c1-2-7-14-11-5-3-4-10(9-11)6-8-15(12)13/h3-5,9H,2,6-8H2,1H3,(H,12,13). The van der Waals surface area contributed by atoms with Gasteiger partial charge in [-0.2, -0.15) is 0 Å². The van der Waals surface area contributed by atoms with Crippen molar-refractivity contribution in [1.29, 1.82) is 0 Å². The normalized spacial score (nSPS) is 12.4. The van der Waals surface area contributed by atoms with Crippen LogP contribution in [0.25, 0.3) is 0 Å². The molecule has 15 heavy (non-hydrogen) atoms. The minimum atomic E-state index is -1.72. The summed E-state index contributed by atoms with van der Waals surface area (Å²) in [5.74, 6) is 1.11. The molecule has 0 radical (unpaired) electrons. The number of hydrogen-bond donors (Lipinski definition) is 1. The largest absolute Gasteiger partial charge is 0.494 e. The molecule has 0 aliphatic heterocycles. The van der Waals surface area contributed by atoms with Gasteiger partial charge in [-0.3, -0.25) is 0 Å². The van der Waals surface area contributed by atoms with Crippen molar-refractivity contribution in [1.82, 2.24) is 0 Å². The molecule has 0 saturated carbocycles. The Kier molecular flexibility index (Phi) is 5.36. The van der Waals surface area contributed by atoms with Crippen LogP contribution in [0.2, 0.25) is 0 Å². The zero-order valence-electron chi connectivity index (χ0n) is 8.81. The van der Waals surface area contributed by atoms with Crippen LogP contribution in [0.4, 0.5) is 0 Å². The van der Waals surface area contributed by atoms with E-state index in [0.717, 1.165) is 17.7 Å². The Morgan fingerprint density at radius 3 is 2.93 bits per heavy atom. The summed E-state index contributed by atoms with van der Waals surface area (Å²) < 4.78 is 24.6. The van der Waals surface area contributed by atoms with E-state index >= 15 is 0 Å². The van der Waals surface area contributed by atoms with Crippen molar-refractivity contribution in [3.05, 3.63) is 29.8 Å². The molecule has 0 fully saturated rings. The summed E-state index contributed by atoms with van der Waals surface area (Å²) in [4.78, 5) is 0. The summed E-state index contributed by atoms with van der Waals surface area (Å²) in [5, 5.41) is 0. The van der Waals surface area contributed by atoms with E-state index in [1.807, 2.05) is 24.3 Å². The van der Waals surface area contributed by atoms with Crippen molar-refractivity contribution in [3.63, 3.8) is 0 Å². The van der Waals surface area contributed by atoms with E-state index in [1.54, 1.807) is 0 Å². The van der Waals surface area contributed by atoms with Crippen LogP contribution in [-0.4, -0.2) is 21.1 Å². The van der Waals surface area contributed by atoms with E-state index in [2.05, 4.69) is 6.92 Å². The first-order valence-electron chi connectivity index (χ1n) is 5.01. The van der Waals surface area contributed by atoms with Crippen molar-refractivity contribution in [2.75, 3.05) is 12.4 Å². The van der Waals surface area contributed by atoms with E-state index in [4.69, 9.17) is 9.29 Å². The van der Waals surface area contributed by atoms with Crippen LogP contribution in [0.5, 0.6) is 5.75 Å². The monoisotopic (exact) mass is 228 g/mol. The van der Waals surface area contributed by atoms with Gasteiger partial charge >= 0.3 is 0 Å². The number of benzene rings is 1. The van der Waals surface area contributed by atoms with Crippen molar-refractivity contribution in [2.24, 2.45) is 0 Å². The van der Waals surface area contributed by atoms with Gasteiger partial charge in [-0.15, -0.1) is 0 Å². The lowest BCUT2D eigenvalue weighted by atomic mass is 10.2. The van der Waals surface area contributed by atoms with Gasteiger partial charge in [0, 0.05) is 0 Å². The Balaban J connectivity index is 2.53. The Bertz CT molecular complexity index is 325. The molecule has 0 aliphatic carbocycles. The lowest BCUT2D eigenvalue weighted by molar-refractivity contribution is 0.317. The van der Waals surface area contributed by atoms with E-state index in [9.17, 15) is 4.21 Å². The molecule has 1 aromatic rings. The minimum Gasteiger partial charge on any atom is -0.494 e. The summed E-state index contributed by atoms with van der Waals surface area (Å²) in [6.07, 6.45) is 1.58. The van der Waals surface area contributed by atoms with Gasteiger partial charge in [-0.05, 0) is 30.5 Å². The molecule has 1 unspecified atom stereocenters. The van der Waals surface area contributed by atoms with Crippen molar-refractivity contribution < 1.29 is 13.5 Å². The van der Waals surface area contributed by atoms with Gasteiger partial charge in [0.15, 0.2) is 11.1 Å². The van der Waals surface area contributed by atoms with E-state index in [0.29, 0.717) is 13.0 Å². The fraction of sp³-hybridized carbons (Fsp3) is 0.455. The summed E-state index contributed by atoms with van der Waals surface area (Å²) in [7, 11) is 0. The quantitative estimate of drug-likeness (QED) is 0.759. The summed E-state index contributed by atoms with van der Waals surface area (Å²) in [6.45, 7) is 2.76. The summed E-state index contributed by atoms with van der Waals surface area (Å²) >= 11 is -1.72. The van der Waals surface area contributed by atoms with Crippen molar-refractivity contribution in [3.8, 4) is 5.75 Å². The molecule has 0 spiro atoms. The number of hydrogen-bond acceptors (Lipinski definition) is 2. The molecule has 1 aromatic carbocycles. The predicted molar refractivity (Wildman–Crippen MR) is 61.6 cm³/mol. The van der Waals surface area contributed by atoms with Crippen molar-refractivity contribution in [2.45, 2.75) is 19.8 Å². The molecule has 84 valence electrons. The third kappa shape index (κ3) is 4.95. The molecule has 1 atom stereocenters. The van der Waals surface area contributed by atoms with Gasteiger partial charge in [-0.1, -0.05) is 19.1 Å². The molecule has 1 N–H and O–H groups in total. The first-order valence-corrected chi connectivity index (χ1v) is 6.29. The molecular formula is C11H16O3S. The van der Waals surface area contributed by atoms with Gasteiger partial charge < -0.3 is 9.29 Å². The highest BCUT2D eigenvalue weighted by Gasteiger charge is 1.99. The average molecular weight is 228 g/mol. The average Bonchev–Trinajstić information content (AvgIpc) is 2.24. The van der Waals surface area contributed by atoms with Crippen molar-refractivity contribution >= 4 is 11.1 Å². The maximum absolute atomic E-state index is 10.5. The Morgan fingerprint density at radius 1 is 1.47 bits per heavy atom. The fourth-order valence-corrected chi connectivity index (χ4v) is 1.63. The SMILES string of the molecule is CCCOc1cccc(CCS(=O)O)c1. The number of ether oxygens (including phenoxy) is 1. The molecule has 0 bridgehead atoms. The zero-order chi connectivity index (χ0) is 11.1. The second kappa shape index (κ2) is 6.58. The molecule has 0 aliphatic rings. The predicted octanol–water partition coefficient (Wildman–Crippen LogP) is 2.24. The summed E-state index contributed by atoms with van der Waals surface area (Å²) in [6, 6.07) is 7.66. The summed E-state index contributed by atoms with van der Waals surface area (Å²) in [5.41, 5.74) is 1.03. The van der Waals surface area contributed by atoms with Crippen LogP contribution >= 0.6 is 0 Å². The fourth-order valence-electron chi connectivity index (χ4n) is 1.22. The zero-order valence-corrected chi connectivity index (χ0v) is 9.63. The van der Waals surface area contributed by atoms with Crippen LogP contribution in [0.3, 0.4) is 0 Å². The minimum absolute atomic E-state index is 0.275. The number of aryl methyl sites for hydroxylation is 1. The topological polar surface area (TPSA) is 46.5 Å². The van der Waals surface area contributed by atoms with Crippen LogP contribution in [0.1, 0.15) is 18.9 Å². The lowest BCUT2D eigenvalue weighted by Crippen LogP contribution is -2.00. The molecule has 0 saturated heterocycles. The van der Waals surface area contributed by atoms with Crippen LogP contribution in [-0.2, 0) is 17.5 Å². The molecular weight excluding hydrogens is 212 g/mol. The van der Waals surface area contributed by atoms with Crippen LogP contribution in [0.15, 0.2) is 24.3 Å². The highest BCUT2D eigenvalue weighted by Crippen LogP contribution is 2.14. The molecule has 1 rings (SSSR count). The second-order valence-electron chi connectivity index (χ2n) is 3.27.